The summed E-state index contributed by atoms with van der Waals surface area (Å²) < 4.78 is 1.04. The van der Waals surface area contributed by atoms with Crippen LogP contribution in [0.1, 0.15) is 16.1 Å². The second-order valence-electron chi connectivity index (χ2n) is 3.35. The second-order valence-corrected chi connectivity index (χ2v) is 3.35. The first-order valence-corrected chi connectivity index (χ1v) is 4.59. The fraction of sp³-hybridized carbons (Fsp3) is 0.100. The molecule has 2 N–H and O–H groups in total. The van der Waals surface area contributed by atoms with Gasteiger partial charge >= 0.3 is 29.6 Å². The van der Waals surface area contributed by atoms with E-state index < -0.39 is 11.8 Å². The Morgan fingerprint density at radius 1 is 1.35 bits per heavy atom. The van der Waals surface area contributed by atoms with Crippen LogP contribution in [0.15, 0.2) is 24.3 Å². The minimum Gasteiger partial charge on any atom is -0.857 e. The molecule has 2 aromatic rings. The van der Waals surface area contributed by atoms with Crippen molar-refractivity contribution in [1.29, 1.82) is 0 Å². The maximum absolute atomic E-state index is 11.6. The molecule has 1 heterocycles. The number of primary amides is 1. The maximum Gasteiger partial charge on any atom is 1.00 e. The average molecular weight is 240 g/mol. The molecular formula is C10H9N4NaO2. The molecule has 82 valence electrons. The third kappa shape index (κ3) is 2.66. The summed E-state index contributed by atoms with van der Waals surface area (Å²) in [6, 6.07) is 7.10. The molecule has 17 heavy (non-hydrogen) atoms. The number of aromatic nitrogens is 3. The van der Waals surface area contributed by atoms with Gasteiger partial charge in [-0.1, -0.05) is 22.9 Å². The summed E-state index contributed by atoms with van der Waals surface area (Å²) in [5.74, 6) is -1.47. The normalized spacial score (nSPS) is 9.71. The number of nitrogens with two attached hydrogens (primary N) is 1. The van der Waals surface area contributed by atoms with Crippen LogP contribution < -0.4 is 40.4 Å². The van der Waals surface area contributed by atoms with Crippen LogP contribution in [0.25, 0.3) is 5.69 Å². The number of carbonyl (C=O) groups is 1. The Morgan fingerprint density at radius 3 is 2.41 bits per heavy atom. The van der Waals surface area contributed by atoms with Crippen LogP contribution in [0.5, 0.6) is 5.88 Å². The van der Waals surface area contributed by atoms with Crippen molar-refractivity contribution in [2.45, 2.75) is 6.92 Å². The summed E-state index contributed by atoms with van der Waals surface area (Å²) in [6.07, 6.45) is 0. The maximum atomic E-state index is 11.6. The Kier molecular flexibility index (Phi) is 4.28. The molecule has 0 bridgehead atoms. The predicted octanol–water partition coefficient (Wildman–Crippen LogP) is -3.25. The van der Waals surface area contributed by atoms with Crippen molar-refractivity contribution in [2.24, 2.45) is 5.73 Å². The van der Waals surface area contributed by atoms with E-state index in [2.05, 4.69) is 10.3 Å². The van der Waals surface area contributed by atoms with E-state index in [1.807, 2.05) is 19.1 Å². The topological polar surface area (TPSA) is 96.9 Å². The third-order valence-electron chi connectivity index (χ3n) is 2.14. The molecule has 1 aromatic heterocycles. The van der Waals surface area contributed by atoms with Crippen LogP contribution >= 0.6 is 0 Å². The van der Waals surface area contributed by atoms with E-state index in [1.54, 1.807) is 12.1 Å². The molecule has 0 radical (unpaired) electrons. The molecule has 0 saturated heterocycles. The van der Waals surface area contributed by atoms with Gasteiger partial charge < -0.3 is 10.8 Å². The number of carbonyl (C=O) groups excluding carboxylic acids is 1. The van der Waals surface area contributed by atoms with Gasteiger partial charge in [-0.3, -0.25) is 4.79 Å². The van der Waals surface area contributed by atoms with E-state index in [-0.39, 0.29) is 35.3 Å². The van der Waals surface area contributed by atoms with Gasteiger partial charge in [0.25, 0.3) is 5.91 Å². The number of aryl methyl sites for hydroxylation is 1. The second kappa shape index (κ2) is 5.31. The smallest absolute Gasteiger partial charge is 0.857 e. The molecule has 0 fully saturated rings. The molecule has 2 rings (SSSR count). The van der Waals surface area contributed by atoms with Crippen molar-refractivity contribution in [3.05, 3.63) is 35.5 Å². The Hall–Kier alpha value is -1.37. The summed E-state index contributed by atoms with van der Waals surface area (Å²) in [7, 11) is 0. The summed E-state index contributed by atoms with van der Waals surface area (Å²) in [5.41, 5.74) is 6.24. The van der Waals surface area contributed by atoms with E-state index in [9.17, 15) is 9.90 Å². The quantitative estimate of drug-likeness (QED) is 0.557. The molecule has 0 aliphatic rings. The predicted molar refractivity (Wildman–Crippen MR) is 54.1 cm³/mol. The molecule has 0 aliphatic heterocycles. The van der Waals surface area contributed by atoms with Crippen molar-refractivity contribution in [3.63, 3.8) is 0 Å². The number of rotatable bonds is 2. The van der Waals surface area contributed by atoms with Crippen LogP contribution in [0, 0.1) is 6.92 Å². The van der Waals surface area contributed by atoms with E-state index in [1.165, 1.54) is 0 Å². The largest absolute Gasteiger partial charge is 1.00 e. The zero-order valence-electron chi connectivity index (χ0n) is 9.54. The fourth-order valence-electron chi connectivity index (χ4n) is 1.28. The first kappa shape index (κ1) is 13.7. The molecule has 0 atom stereocenters. The molecule has 1 amide bonds. The molecule has 0 aliphatic carbocycles. The van der Waals surface area contributed by atoms with E-state index in [0.717, 1.165) is 10.2 Å². The SMILES string of the molecule is Cc1ccc(-n2nnc(C(N)=O)c2[O-])cc1.[Na+]. The minimum absolute atomic E-state index is 0. The van der Waals surface area contributed by atoms with Gasteiger partial charge in [0.05, 0.1) is 5.69 Å². The van der Waals surface area contributed by atoms with E-state index >= 15 is 0 Å². The first-order valence-electron chi connectivity index (χ1n) is 4.59. The van der Waals surface area contributed by atoms with Crippen LogP contribution in [0.3, 0.4) is 0 Å². The van der Waals surface area contributed by atoms with Gasteiger partial charge in [-0.25, -0.2) is 4.68 Å². The Morgan fingerprint density at radius 2 is 1.94 bits per heavy atom. The standard InChI is InChI=1S/C10H10N4O2.Na/c1-6-2-4-7(5-3-6)14-10(16)8(9(11)15)12-13-14;/h2-5,16H,1H3,(H2,11,15);/q;+1/p-1. The Bertz CT molecular complexity index is 536. The number of nitrogens with zero attached hydrogens (tertiary/aromatic N) is 3. The van der Waals surface area contributed by atoms with Crippen molar-refractivity contribution in [2.75, 3.05) is 0 Å². The molecule has 0 unspecified atom stereocenters. The van der Waals surface area contributed by atoms with Gasteiger partial charge in [-0.2, -0.15) is 0 Å². The van der Waals surface area contributed by atoms with Crippen molar-refractivity contribution < 1.29 is 39.5 Å². The Balaban J connectivity index is 0.00000144. The third-order valence-corrected chi connectivity index (χ3v) is 2.14. The Labute approximate surface area is 120 Å². The fourth-order valence-corrected chi connectivity index (χ4v) is 1.28. The monoisotopic (exact) mass is 240 g/mol. The van der Waals surface area contributed by atoms with Gasteiger partial charge in [0.2, 0.25) is 0 Å². The van der Waals surface area contributed by atoms with Crippen LogP contribution in [-0.4, -0.2) is 20.9 Å². The van der Waals surface area contributed by atoms with Crippen LogP contribution in [0.4, 0.5) is 0 Å². The molecule has 1 aromatic carbocycles. The number of benzene rings is 1. The zero-order chi connectivity index (χ0) is 11.7. The van der Waals surface area contributed by atoms with Crippen molar-refractivity contribution in [3.8, 4) is 11.6 Å². The summed E-state index contributed by atoms with van der Waals surface area (Å²) in [6.45, 7) is 1.93. The molecular weight excluding hydrogens is 231 g/mol. The van der Waals surface area contributed by atoms with Gasteiger partial charge in [-0.15, -0.1) is 5.10 Å². The average Bonchev–Trinajstić information content (AvgIpc) is 2.61. The molecule has 0 saturated carbocycles. The summed E-state index contributed by atoms with van der Waals surface area (Å²) in [5, 5.41) is 18.7. The van der Waals surface area contributed by atoms with Gasteiger partial charge in [0.1, 0.15) is 0 Å². The van der Waals surface area contributed by atoms with E-state index in [4.69, 9.17) is 5.73 Å². The summed E-state index contributed by atoms with van der Waals surface area (Å²) in [4.78, 5) is 10.8. The van der Waals surface area contributed by atoms with Crippen LogP contribution in [-0.2, 0) is 0 Å². The molecule has 7 heteroatoms. The minimum atomic E-state index is -0.872. The first-order chi connectivity index (χ1) is 7.59. The van der Waals surface area contributed by atoms with Crippen molar-refractivity contribution >= 4 is 5.91 Å². The van der Waals surface area contributed by atoms with E-state index in [0.29, 0.717) is 5.69 Å². The van der Waals surface area contributed by atoms with Crippen molar-refractivity contribution in [1.82, 2.24) is 15.0 Å². The summed E-state index contributed by atoms with van der Waals surface area (Å²) >= 11 is 0. The number of hydrogen-bond donors (Lipinski definition) is 1. The zero-order valence-corrected chi connectivity index (χ0v) is 11.5. The number of amides is 1. The number of hydrogen-bond acceptors (Lipinski definition) is 4. The molecule has 6 nitrogen and oxygen atoms in total. The van der Waals surface area contributed by atoms with Gasteiger partial charge in [-0.05, 0) is 19.1 Å². The van der Waals surface area contributed by atoms with Crippen LogP contribution in [0.2, 0.25) is 0 Å². The molecule has 0 spiro atoms. The van der Waals surface area contributed by atoms with Gasteiger partial charge in [0, 0.05) is 5.88 Å². The van der Waals surface area contributed by atoms with Gasteiger partial charge in [0.15, 0.2) is 5.69 Å².